The van der Waals surface area contributed by atoms with Crippen molar-refractivity contribution in [1.82, 2.24) is 20.2 Å². The SMILES string of the molecule is CC(C)Cc1ccc(C(C)NC(=O)CSc2nnc(-c3cccc(F)c3)n2N)cc1. The Morgan fingerprint density at radius 1 is 1.17 bits per heavy atom. The van der Waals surface area contributed by atoms with Crippen molar-refractivity contribution < 1.29 is 9.18 Å². The maximum Gasteiger partial charge on any atom is 0.230 e. The predicted molar refractivity (Wildman–Crippen MR) is 118 cm³/mol. The van der Waals surface area contributed by atoms with E-state index in [0.717, 1.165) is 12.0 Å². The number of carbonyl (C=O) groups is 1. The average Bonchev–Trinajstić information content (AvgIpc) is 3.07. The molecular formula is C22H26FN5OS. The molecule has 1 unspecified atom stereocenters. The van der Waals surface area contributed by atoms with E-state index in [0.29, 0.717) is 22.5 Å². The van der Waals surface area contributed by atoms with E-state index < -0.39 is 0 Å². The van der Waals surface area contributed by atoms with Gasteiger partial charge in [0.15, 0.2) is 5.82 Å². The molecule has 0 saturated carbocycles. The molecule has 0 aliphatic carbocycles. The molecule has 8 heteroatoms. The second-order valence-electron chi connectivity index (χ2n) is 7.60. The zero-order valence-electron chi connectivity index (χ0n) is 17.3. The fourth-order valence-electron chi connectivity index (χ4n) is 3.11. The van der Waals surface area contributed by atoms with E-state index in [2.05, 4.69) is 53.6 Å². The number of benzene rings is 2. The van der Waals surface area contributed by atoms with Gasteiger partial charge < -0.3 is 11.2 Å². The molecule has 0 radical (unpaired) electrons. The Morgan fingerprint density at radius 3 is 2.57 bits per heavy atom. The molecule has 0 saturated heterocycles. The van der Waals surface area contributed by atoms with Crippen LogP contribution in [-0.4, -0.2) is 26.5 Å². The summed E-state index contributed by atoms with van der Waals surface area (Å²) in [6.07, 6.45) is 1.04. The normalized spacial score (nSPS) is 12.2. The standard InChI is InChI=1S/C22H26FN5OS/c1-14(2)11-16-7-9-17(10-8-16)15(3)25-20(29)13-30-22-27-26-21(28(22)24)18-5-4-6-19(23)12-18/h4-10,12,14-15H,11,13,24H2,1-3H3,(H,25,29). The smallest absolute Gasteiger partial charge is 0.230 e. The van der Waals surface area contributed by atoms with E-state index in [1.165, 1.54) is 34.1 Å². The van der Waals surface area contributed by atoms with Gasteiger partial charge in [0.2, 0.25) is 11.1 Å². The molecule has 3 aromatic rings. The average molecular weight is 428 g/mol. The first-order chi connectivity index (χ1) is 14.3. The van der Waals surface area contributed by atoms with Gasteiger partial charge in [-0.2, -0.15) is 0 Å². The molecule has 1 amide bonds. The molecule has 0 bridgehead atoms. The van der Waals surface area contributed by atoms with Crippen LogP contribution in [0.25, 0.3) is 11.4 Å². The Bertz CT molecular complexity index is 1000. The van der Waals surface area contributed by atoms with Gasteiger partial charge in [0.1, 0.15) is 5.82 Å². The summed E-state index contributed by atoms with van der Waals surface area (Å²) in [6.45, 7) is 6.34. The molecule has 0 spiro atoms. The topological polar surface area (TPSA) is 85.8 Å². The van der Waals surface area contributed by atoms with Gasteiger partial charge in [-0.05, 0) is 42.5 Å². The fourth-order valence-corrected chi connectivity index (χ4v) is 3.78. The molecule has 0 aliphatic rings. The molecule has 1 atom stereocenters. The first-order valence-electron chi connectivity index (χ1n) is 9.81. The van der Waals surface area contributed by atoms with Crippen molar-refractivity contribution in [3.8, 4) is 11.4 Å². The van der Waals surface area contributed by atoms with Gasteiger partial charge in [-0.1, -0.05) is 62.0 Å². The van der Waals surface area contributed by atoms with Gasteiger partial charge in [0.05, 0.1) is 11.8 Å². The molecule has 0 aliphatic heterocycles. The van der Waals surface area contributed by atoms with Crippen molar-refractivity contribution >= 4 is 17.7 Å². The quantitative estimate of drug-likeness (QED) is 0.420. The van der Waals surface area contributed by atoms with E-state index in [1.54, 1.807) is 12.1 Å². The van der Waals surface area contributed by atoms with Crippen LogP contribution in [0.2, 0.25) is 0 Å². The third-order valence-corrected chi connectivity index (χ3v) is 5.52. The summed E-state index contributed by atoms with van der Waals surface area (Å²) in [7, 11) is 0. The zero-order chi connectivity index (χ0) is 21.7. The van der Waals surface area contributed by atoms with Gasteiger partial charge >= 0.3 is 0 Å². The molecule has 30 heavy (non-hydrogen) atoms. The van der Waals surface area contributed by atoms with Gasteiger partial charge in [-0.25, -0.2) is 9.07 Å². The monoisotopic (exact) mass is 427 g/mol. The minimum absolute atomic E-state index is 0.107. The third-order valence-electron chi connectivity index (χ3n) is 4.58. The van der Waals surface area contributed by atoms with Crippen LogP contribution in [0.5, 0.6) is 0 Å². The summed E-state index contributed by atoms with van der Waals surface area (Å²) in [5.41, 5.74) is 2.87. The maximum absolute atomic E-state index is 13.4. The highest BCUT2D eigenvalue weighted by Gasteiger charge is 2.15. The van der Waals surface area contributed by atoms with Crippen molar-refractivity contribution in [2.75, 3.05) is 11.6 Å². The lowest BCUT2D eigenvalue weighted by molar-refractivity contribution is -0.119. The first-order valence-corrected chi connectivity index (χ1v) is 10.8. The number of nitrogens with two attached hydrogens (primary N) is 1. The van der Waals surface area contributed by atoms with Crippen molar-refractivity contribution in [1.29, 1.82) is 0 Å². The van der Waals surface area contributed by atoms with Crippen LogP contribution in [0.15, 0.2) is 53.7 Å². The van der Waals surface area contributed by atoms with Crippen LogP contribution >= 0.6 is 11.8 Å². The number of hydrogen-bond acceptors (Lipinski definition) is 5. The number of amides is 1. The molecule has 158 valence electrons. The lowest BCUT2D eigenvalue weighted by Crippen LogP contribution is -2.28. The molecular weight excluding hydrogens is 401 g/mol. The Morgan fingerprint density at radius 2 is 1.90 bits per heavy atom. The summed E-state index contributed by atoms with van der Waals surface area (Å²) in [6, 6.07) is 14.2. The number of aromatic nitrogens is 3. The Labute approximate surface area is 180 Å². The number of carbonyl (C=O) groups excluding carboxylic acids is 1. The first kappa shape index (κ1) is 21.8. The summed E-state index contributed by atoms with van der Waals surface area (Å²) in [5, 5.41) is 11.4. The highest BCUT2D eigenvalue weighted by Crippen LogP contribution is 2.22. The highest BCUT2D eigenvalue weighted by atomic mass is 32.2. The largest absolute Gasteiger partial charge is 0.349 e. The van der Waals surface area contributed by atoms with Crippen molar-refractivity contribution in [3.05, 3.63) is 65.5 Å². The molecule has 6 nitrogen and oxygen atoms in total. The number of nitrogens with one attached hydrogen (secondary N) is 1. The van der Waals surface area contributed by atoms with Crippen molar-refractivity contribution in [3.63, 3.8) is 0 Å². The van der Waals surface area contributed by atoms with Crippen LogP contribution < -0.4 is 11.2 Å². The molecule has 3 rings (SSSR count). The molecule has 2 aromatic carbocycles. The summed E-state index contributed by atoms with van der Waals surface area (Å²) >= 11 is 1.18. The van der Waals surface area contributed by atoms with Gasteiger partial charge in [0.25, 0.3) is 0 Å². The molecule has 0 fully saturated rings. The number of hydrogen-bond donors (Lipinski definition) is 2. The van der Waals surface area contributed by atoms with E-state index in [1.807, 2.05) is 6.92 Å². The Hall–Kier alpha value is -2.87. The van der Waals surface area contributed by atoms with Gasteiger partial charge in [0, 0.05) is 5.56 Å². The Balaban J connectivity index is 1.56. The molecule has 3 N–H and O–H groups in total. The summed E-state index contributed by atoms with van der Waals surface area (Å²) in [4.78, 5) is 12.4. The maximum atomic E-state index is 13.4. The minimum Gasteiger partial charge on any atom is -0.349 e. The lowest BCUT2D eigenvalue weighted by atomic mass is 10.00. The van der Waals surface area contributed by atoms with E-state index >= 15 is 0 Å². The highest BCUT2D eigenvalue weighted by molar-refractivity contribution is 7.99. The predicted octanol–water partition coefficient (Wildman–Crippen LogP) is 3.97. The summed E-state index contributed by atoms with van der Waals surface area (Å²) < 4.78 is 14.7. The molecule has 1 aromatic heterocycles. The van der Waals surface area contributed by atoms with Crippen molar-refractivity contribution in [2.45, 2.75) is 38.4 Å². The summed E-state index contributed by atoms with van der Waals surface area (Å²) in [5.74, 6) is 6.61. The van der Waals surface area contributed by atoms with E-state index in [4.69, 9.17) is 5.84 Å². The second kappa shape index (κ2) is 9.75. The Kier molecular flexibility index (Phi) is 7.10. The van der Waals surface area contributed by atoms with Gasteiger partial charge in [-0.15, -0.1) is 10.2 Å². The minimum atomic E-state index is -0.379. The zero-order valence-corrected chi connectivity index (χ0v) is 18.1. The number of halogens is 1. The number of thioether (sulfide) groups is 1. The number of nitrogen functional groups attached to an aromatic ring is 1. The lowest BCUT2D eigenvalue weighted by Gasteiger charge is -2.15. The van der Waals surface area contributed by atoms with Crippen LogP contribution in [0.1, 0.15) is 37.9 Å². The van der Waals surface area contributed by atoms with E-state index in [9.17, 15) is 9.18 Å². The van der Waals surface area contributed by atoms with Crippen molar-refractivity contribution in [2.24, 2.45) is 5.92 Å². The number of rotatable bonds is 8. The second-order valence-corrected chi connectivity index (χ2v) is 8.55. The van der Waals surface area contributed by atoms with Crippen LogP contribution in [0, 0.1) is 11.7 Å². The van der Waals surface area contributed by atoms with Crippen LogP contribution in [0.3, 0.4) is 0 Å². The molecule has 1 heterocycles. The van der Waals surface area contributed by atoms with E-state index in [-0.39, 0.29) is 23.5 Å². The fraction of sp³-hybridized carbons (Fsp3) is 0.318. The number of nitrogens with zero attached hydrogens (tertiary/aromatic N) is 3. The van der Waals surface area contributed by atoms with Crippen LogP contribution in [-0.2, 0) is 11.2 Å². The third kappa shape index (κ3) is 5.60. The van der Waals surface area contributed by atoms with Crippen LogP contribution in [0.4, 0.5) is 4.39 Å². The van der Waals surface area contributed by atoms with Gasteiger partial charge in [-0.3, -0.25) is 4.79 Å².